The molecule has 0 radical (unpaired) electrons. The van der Waals surface area contributed by atoms with Crippen molar-refractivity contribution in [1.29, 1.82) is 0 Å². The van der Waals surface area contributed by atoms with E-state index in [1.165, 1.54) is 80.7 Å². The number of cyclic esters (lactones) is 2. The van der Waals surface area contributed by atoms with Crippen molar-refractivity contribution < 1.29 is 71.4 Å². The molecule has 89 heavy (non-hydrogen) atoms. The van der Waals surface area contributed by atoms with Crippen LogP contribution in [0.4, 0.5) is 0 Å². The Hall–Kier alpha value is -8.52. The van der Waals surface area contributed by atoms with Crippen LogP contribution in [0.2, 0.25) is 0 Å². The van der Waals surface area contributed by atoms with Gasteiger partial charge in [-0.05, 0) is 88.7 Å². The third-order valence-electron chi connectivity index (χ3n) is 17.3. The zero-order valence-electron chi connectivity index (χ0n) is 53.6. The summed E-state index contributed by atoms with van der Waals surface area (Å²) in [5.41, 5.74) is -1.58. The predicted octanol–water partition coefficient (Wildman–Crippen LogP) is 1.14. The lowest BCUT2D eigenvalue weighted by atomic mass is 9.99. The summed E-state index contributed by atoms with van der Waals surface area (Å²) in [6.45, 7) is 18.6. The molecule has 0 saturated carbocycles. The SMILES string of the molecule is Cc1c2oc3c(C)ccc(C(=O)N[C@@H]4C(=O)N[C@H](C(C)C)C(=O)N5CCC[C@H]5C(=O)N(C)CC(=O)N(C)[C@@H](C(C)C)C(=O)O[C@H]4C)c3nc-2c(C(=O)N[C@@H]2C(=O)N[C@H](C(C)C)C(=O)N3CCC[C@H]3C(=O)N(C)CC(=O)N(C)[C@@H](C(C)C)C(=O)O[C@@H]2C)cc1=O. The number of amides is 10. The molecule has 1 aliphatic carbocycles. The van der Waals surface area contributed by atoms with Gasteiger partial charge in [0.1, 0.15) is 71.8 Å². The molecule has 0 bridgehead atoms. The number of likely N-dealkylation sites (N-methyl/N-ethyl adjacent to an activating group) is 4. The van der Waals surface area contributed by atoms with Crippen molar-refractivity contribution in [3.63, 3.8) is 0 Å². The van der Waals surface area contributed by atoms with E-state index in [0.717, 1.165) is 15.9 Å². The lowest BCUT2D eigenvalue weighted by Gasteiger charge is -2.36. The minimum atomic E-state index is -1.82. The molecule has 1 aromatic rings. The summed E-state index contributed by atoms with van der Waals surface area (Å²) in [5, 5.41) is 10.8. The Balaban J connectivity index is 1.30. The first kappa shape index (κ1) is 68.0. The number of ether oxygens (including phenoxy) is 2. The fraction of sp³-hybridized carbons (Fsp3) is 0.613. The normalized spacial score (nSPS) is 26.4. The molecule has 27 heteroatoms. The van der Waals surface area contributed by atoms with Crippen LogP contribution in [0.5, 0.6) is 0 Å². The van der Waals surface area contributed by atoms with Gasteiger partial charge in [-0.2, -0.15) is 0 Å². The molecule has 0 aromatic heterocycles. The fourth-order valence-electron chi connectivity index (χ4n) is 12.1. The van der Waals surface area contributed by atoms with E-state index >= 15 is 9.59 Å². The van der Waals surface area contributed by atoms with E-state index in [2.05, 4.69) is 21.3 Å². The topological polar surface area (TPSA) is 334 Å². The Bertz CT molecular complexity index is 3360. The molecule has 4 fully saturated rings. The first-order valence-corrected chi connectivity index (χ1v) is 30.3. The van der Waals surface area contributed by atoms with Crippen LogP contribution in [-0.4, -0.2) is 220 Å². The van der Waals surface area contributed by atoms with E-state index in [1.54, 1.807) is 62.3 Å². The predicted molar refractivity (Wildman–Crippen MR) is 321 cm³/mol. The molecule has 6 aliphatic rings. The number of aryl methyl sites for hydroxylation is 1. The highest BCUT2D eigenvalue weighted by molar-refractivity contribution is 6.09. The fourth-order valence-corrected chi connectivity index (χ4v) is 12.1. The highest BCUT2D eigenvalue weighted by Gasteiger charge is 2.46. The van der Waals surface area contributed by atoms with Gasteiger partial charge in [0, 0.05) is 52.9 Å². The standard InChI is InChI=1S/C62H85N11O16/c1-28(2)43-59(83)72-23-17-19-38(72)57(81)68(13)26-41(75)70(15)49(30(5)6)61(85)87-34(11)45(55(79)64-43)66-53(77)36-22-21-32(9)51-47(36)63-48-37(25-40(74)33(10)52(48)89-51)54(78)67-46-35(12)88-62(86)50(31(7)8)71(16)42(76)27-69(14)58(82)39-20-18-24-73(39)60(84)44(29(3)4)65-56(46)80/h21-22,25,28-31,34-35,38-39,43-46,49-50H,17-20,23-24,26-27H2,1-16H3,(H,64,79)(H,65,80)(H,66,77)(H,67,78)/t34-,35+,38-,39-,43+,44+,45-,46-,49-,50-/m0/s1. The average Bonchev–Trinajstić information content (AvgIpc) is 1.51. The molecule has 4 saturated heterocycles. The van der Waals surface area contributed by atoms with E-state index in [4.69, 9.17) is 18.9 Å². The smallest absolute Gasteiger partial charge is 0.329 e. The maximum absolute atomic E-state index is 15.0. The Morgan fingerprint density at radius 1 is 0.584 bits per heavy atom. The van der Waals surface area contributed by atoms with E-state index < -0.39 is 179 Å². The summed E-state index contributed by atoms with van der Waals surface area (Å²) in [4.78, 5) is 199. The van der Waals surface area contributed by atoms with Crippen LogP contribution in [0.3, 0.4) is 0 Å². The Morgan fingerprint density at radius 3 is 1.40 bits per heavy atom. The van der Waals surface area contributed by atoms with Gasteiger partial charge >= 0.3 is 11.9 Å². The second-order valence-corrected chi connectivity index (χ2v) is 25.3. The van der Waals surface area contributed by atoms with Gasteiger partial charge in [0.15, 0.2) is 16.8 Å². The number of fused-ring (bicyclic) bond motifs is 4. The largest absolute Gasteiger partial charge is 0.458 e. The van der Waals surface area contributed by atoms with Gasteiger partial charge in [-0.1, -0.05) is 61.5 Å². The van der Waals surface area contributed by atoms with Gasteiger partial charge in [0.25, 0.3) is 11.8 Å². The third kappa shape index (κ3) is 14.0. The van der Waals surface area contributed by atoms with Crippen LogP contribution >= 0.6 is 0 Å². The highest BCUT2D eigenvalue weighted by Crippen LogP contribution is 2.33. The van der Waals surface area contributed by atoms with Crippen LogP contribution < -0.4 is 26.7 Å². The summed E-state index contributed by atoms with van der Waals surface area (Å²) < 4.78 is 18.3. The zero-order chi connectivity index (χ0) is 66.1. The number of hydrogen-bond donors (Lipinski definition) is 4. The second kappa shape index (κ2) is 27.5. The molecule has 1 aromatic carbocycles. The monoisotopic (exact) mass is 1240 g/mol. The number of benzene rings is 2. The van der Waals surface area contributed by atoms with Crippen LogP contribution in [-0.2, 0) is 57.4 Å². The van der Waals surface area contributed by atoms with Gasteiger partial charge in [0.2, 0.25) is 47.3 Å². The number of aromatic nitrogens is 1. The van der Waals surface area contributed by atoms with Crippen molar-refractivity contribution in [3.05, 3.63) is 50.7 Å². The van der Waals surface area contributed by atoms with Crippen LogP contribution in [0.25, 0.3) is 22.6 Å². The van der Waals surface area contributed by atoms with E-state index in [1.807, 2.05) is 0 Å². The number of nitrogens with zero attached hydrogens (tertiary/aromatic N) is 7. The van der Waals surface area contributed by atoms with Crippen LogP contribution in [0.1, 0.15) is 127 Å². The van der Waals surface area contributed by atoms with Crippen molar-refractivity contribution in [2.75, 3.05) is 54.4 Å². The highest BCUT2D eigenvalue weighted by atomic mass is 16.6. The van der Waals surface area contributed by atoms with E-state index in [-0.39, 0.29) is 53.2 Å². The number of esters is 2. The van der Waals surface area contributed by atoms with Crippen LogP contribution in [0.15, 0.2) is 27.4 Å². The third-order valence-corrected chi connectivity index (χ3v) is 17.3. The first-order chi connectivity index (χ1) is 41.7. The Labute approximate surface area is 516 Å². The molecular weight excluding hydrogens is 1150 g/mol. The summed E-state index contributed by atoms with van der Waals surface area (Å²) in [5.74, 6) is -11.9. The molecule has 5 aliphatic heterocycles. The second-order valence-electron chi connectivity index (χ2n) is 25.3. The molecule has 10 amide bonds. The molecule has 27 nitrogen and oxygen atoms in total. The lowest BCUT2D eigenvalue weighted by Crippen LogP contribution is -2.61. The minimum Gasteiger partial charge on any atom is -0.458 e. The van der Waals surface area contributed by atoms with Crippen molar-refractivity contribution in [2.24, 2.45) is 23.7 Å². The van der Waals surface area contributed by atoms with Crippen molar-refractivity contribution in [1.82, 2.24) is 55.7 Å². The number of carbonyl (C=O) groups is 12. The van der Waals surface area contributed by atoms with Crippen molar-refractivity contribution >= 4 is 82.1 Å². The zero-order valence-corrected chi connectivity index (χ0v) is 53.6. The molecule has 7 rings (SSSR count). The van der Waals surface area contributed by atoms with Gasteiger partial charge < -0.3 is 64.6 Å². The van der Waals surface area contributed by atoms with Gasteiger partial charge in [-0.25, -0.2) is 14.6 Å². The summed E-state index contributed by atoms with van der Waals surface area (Å²) in [6.07, 6.45) is -1.55. The summed E-state index contributed by atoms with van der Waals surface area (Å²) in [6, 6.07) is -6.73. The van der Waals surface area contributed by atoms with E-state index in [9.17, 15) is 52.7 Å². The quantitative estimate of drug-likeness (QED) is 0.182. The van der Waals surface area contributed by atoms with Gasteiger partial charge in [0.05, 0.1) is 24.2 Å². The van der Waals surface area contributed by atoms with Crippen LogP contribution in [0, 0.1) is 37.5 Å². The Kier molecular flexibility index (Phi) is 21.0. The molecule has 10 atom stereocenters. The molecule has 0 spiro atoms. The lowest BCUT2D eigenvalue weighted by molar-refractivity contribution is -0.163. The molecular formula is C62H85N11O16. The van der Waals surface area contributed by atoms with Gasteiger partial charge in [-0.15, -0.1) is 0 Å². The average molecular weight is 1240 g/mol. The molecule has 4 N–H and O–H groups in total. The van der Waals surface area contributed by atoms with Crippen molar-refractivity contribution in [2.45, 2.75) is 169 Å². The van der Waals surface area contributed by atoms with E-state index in [0.29, 0.717) is 24.8 Å². The molecule has 5 heterocycles. The first-order valence-electron chi connectivity index (χ1n) is 30.3. The number of carbonyl (C=O) groups excluding carboxylic acids is 12. The Morgan fingerprint density at radius 2 is 1.00 bits per heavy atom. The maximum atomic E-state index is 15.0. The number of hydrogen-bond acceptors (Lipinski definition) is 17. The number of nitrogens with one attached hydrogen (secondary N) is 4. The summed E-state index contributed by atoms with van der Waals surface area (Å²) >= 11 is 0. The minimum absolute atomic E-state index is 0.0113. The summed E-state index contributed by atoms with van der Waals surface area (Å²) in [7, 11) is 5.61. The van der Waals surface area contributed by atoms with Crippen molar-refractivity contribution in [3.8, 4) is 11.5 Å². The maximum Gasteiger partial charge on any atom is 0.329 e. The van der Waals surface area contributed by atoms with Gasteiger partial charge in [-0.3, -0.25) is 52.7 Å². The molecule has 0 unspecified atom stereocenters. The molecule has 484 valence electrons. The number of rotatable bonds is 8.